The van der Waals surface area contributed by atoms with Crippen LogP contribution in [0.1, 0.15) is 34.1 Å². The number of rotatable bonds is 5. The first-order chi connectivity index (χ1) is 14.5. The van der Waals surface area contributed by atoms with Crippen molar-refractivity contribution in [3.63, 3.8) is 0 Å². The summed E-state index contributed by atoms with van der Waals surface area (Å²) in [4.78, 5) is 11.0. The molecular formula is C23H22F3N3O. The van der Waals surface area contributed by atoms with E-state index in [1.807, 2.05) is 24.4 Å². The Morgan fingerprint density at radius 1 is 1.00 bits per heavy atom. The topological polar surface area (TPSA) is 38.2 Å². The monoisotopic (exact) mass is 413 g/mol. The van der Waals surface area contributed by atoms with E-state index >= 15 is 0 Å². The van der Waals surface area contributed by atoms with Crippen molar-refractivity contribution in [2.75, 3.05) is 19.7 Å². The fourth-order valence-corrected chi connectivity index (χ4v) is 3.60. The maximum Gasteiger partial charge on any atom is 0.416 e. The van der Waals surface area contributed by atoms with Gasteiger partial charge in [-0.25, -0.2) is 0 Å². The number of alkyl halides is 3. The van der Waals surface area contributed by atoms with E-state index < -0.39 is 11.7 Å². The first-order valence-corrected chi connectivity index (χ1v) is 9.81. The van der Waals surface area contributed by atoms with Gasteiger partial charge in [0.15, 0.2) is 0 Å². The quantitative estimate of drug-likeness (QED) is 0.610. The third-order valence-corrected chi connectivity index (χ3v) is 5.12. The Kier molecular flexibility index (Phi) is 6.11. The maximum absolute atomic E-state index is 12.9. The molecule has 0 spiro atoms. The highest BCUT2D eigenvalue weighted by molar-refractivity contribution is 5.30. The normalized spacial score (nSPS) is 17.8. The van der Waals surface area contributed by atoms with E-state index in [-0.39, 0.29) is 6.10 Å². The molecule has 1 saturated heterocycles. The highest BCUT2D eigenvalue weighted by Gasteiger charge is 2.30. The molecule has 3 heterocycles. The number of benzene rings is 1. The summed E-state index contributed by atoms with van der Waals surface area (Å²) in [7, 11) is 0. The van der Waals surface area contributed by atoms with Gasteiger partial charge >= 0.3 is 6.18 Å². The molecule has 0 N–H and O–H groups in total. The highest BCUT2D eigenvalue weighted by Crippen LogP contribution is 2.30. The van der Waals surface area contributed by atoms with Crippen molar-refractivity contribution in [3.05, 3.63) is 95.1 Å². The third-order valence-electron chi connectivity index (χ3n) is 5.12. The molecule has 0 bridgehead atoms. The highest BCUT2D eigenvalue weighted by atomic mass is 19.4. The molecule has 0 amide bonds. The first kappa shape index (κ1) is 20.5. The number of hydrogen-bond acceptors (Lipinski definition) is 4. The minimum Gasteiger partial charge on any atom is -0.369 e. The van der Waals surface area contributed by atoms with Gasteiger partial charge in [0.25, 0.3) is 0 Å². The molecule has 1 aliphatic rings. The lowest BCUT2D eigenvalue weighted by Crippen LogP contribution is -2.38. The number of nitrogens with zero attached hydrogens (tertiary/aromatic N) is 3. The summed E-state index contributed by atoms with van der Waals surface area (Å²) in [5.41, 5.74) is 2.83. The van der Waals surface area contributed by atoms with Crippen molar-refractivity contribution in [3.8, 4) is 0 Å². The first-order valence-electron chi connectivity index (χ1n) is 9.81. The number of hydrogen-bond donors (Lipinski definition) is 0. The Hall–Kier alpha value is -2.77. The van der Waals surface area contributed by atoms with Crippen molar-refractivity contribution >= 4 is 0 Å². The Labute approximate surface area is 173 Å². The minimum atomic E-state index is -4.34. The summed E-state index contributed by atoms with van der Waals surface area (Å²) in [5, 5.41) is 0. The van der Waals surface area contributed by atoms with Crippen LogP contribution >= 0.6 is 0 Å². The molecule has 3 aromatic rings. The zero-order valence-corrected chi connectivity index (χ0v) is 16.3. The van der Waals surface area contributed by atoms with Crippen LogP contribution in [0.15, 0.2) is 67.1 Å². The van der Waals surface area contributed by atoms with Gasteiger partial charge in [-0.1, -0.05) is 30.3 Å². The van der Waals surface area contributed by atoms with E-state index in [4.69, 9.17) is 4.74 Å². The number of ether oxygens (including phenoxy) is 1. The predicted octanol–water partition coefficient (Wildman–Crippen LogP) is 4.66. The number of pyridine rings is 2. The van der Waals surface area contributed by atoms with Gasteiger partial charge in [0, 0.05) is 38.2 Å². The van der Waals surface area contributed by atoms with Crippen molar-refractivity contribution in [1.29, 1.82) is 0 Å². The zero-order valence-electron chi connectivity index (χ0n) is 16.3. The fraction of sp³-hybridized carbons (Fsp3) is 0.304. The largest absolute Gasteiger partial charge is 0.416 e. The summed E-state index contributed by atoms with van der Waals surface area (Å²) >= 11 is 0. The van der Waals surface area contributed by atoms with Crippen LogP contribution < -0.4 is 0 Å². The van der Waals surface area contributed by atoms with Gasteiger partial charge in [-0.15, -0.1) is 0 Å². The van der Waals surface area contributed by atoms with Gasteiger partial charge in [0.2, 0.25) is 0 Å². The van der Waals surface area contributed by atoms with Crippen LogP contribution in [0.4, 0.5) is 13.2 Å². The van der Waals surface area contributed by atoms with Crippen LogP contribution in [0, 0.1) is 0 Å². The summed E-state index contributed by atoms with van der Waals surface area (Å²) in [6, 6.07) is 13.2. The molecule has 1 atom stereocenters. The standard InChI is InChI=1S/C23H22F3N3O/c24-23(25,26)20-5-1-3-17(12-20)11-18-6-7-21(28-14-18)22-16-29(9-10-30-22)15-19-4-2-8-27-13-19/h1-8,12-14,22H,9-11,15-16H2/t22-/m0/s1. The molecular weight excluding hydrogens is 391 g/mol. The summed E-state index contributed by atoms with van der Waals surface area (Å²) in [5.74, 6) is 0. The van der Waals surface area contributed by atoms with Crippen molar-refractivity contribution < 1.29 is 17.9 Å². The molecule has 156 valence electrons. The minimum absolute atomic E-state index is 0.127. The van der Waals surface area contributed by atoms with Gasteiger partial charge in [0.05, 0.1) is 17.9 Å². The molecule has 2 aromatic heterocycles. The van der Waals surface area contributed by atoms with Crippen molar-refractivity contribution in [2.24, 2.45) is 0 Å². The molecule has 0 aliphatic carbocycles. The molecule has 1 fully saturated rings. The average molecular weight is 413 g/mol. The second kappa shape index (κ2) is 8.93. The van der Waals surface area contributed by atoms with Gasteiger partial charge < -0.3 is 4.74 Å². The summed E-state index contributed by atoms with van der Waals surface area (Å²) in [6.07, 6.45) is 1.28. The van der Waals surface area contributed by atoms with E-state index in [2.05, 4.69) is 20.9 Å². The molecule has 4 rings (SSSR count). The predicted molar refractivity (Wildman–Crippen MR) is 107 cm³/mol. The molecule has 0 radical (unpaired) electrons. The molecule has 30 heavy (non-hydrogen) atoms. The summed E-state index contributed by atoms with van der Waals surface area (Å²) in [6.45, 7) is 3.01. The smallest absolute Gasteiger partial charge is 0.369 e. The van der Waals surface area contributed by atoms with Crippen LogP contribution in [0.2, 0.25) is 0 Å². The molecule has 0 saturated carbocycles. The molecule has 1 aliphatic heterocycles. The van der Waals surface area contributed by atoms with Gasteiger partial charge in [-0.3, -0.25) is 14.9 Å². The average Bonchev–Trinajstić information content (AvgIpc) is 2.75. The van der Waals surface area contributed by atoms with Crippen molar-refractivity contribution in [2.45, 2.75) is 25.2 Å². The Morgan fingerprint density at radius 3 is 2.60 bits per heavy atom. The number of halogens is 3. The molecule has 1 aromatic carbocycles. The maximum atomic E-state index is 12.9. The van der Waals surface area contributed by atoms with Crippen LogP contribution in [-0.4, -0.2) is 34.6 Å². The van der Waals surface area contributed by atoms with E-state index in [0.717, 1.165) is 42.5 Å². The zero-order chi connectivity index (χ0) is 21.0. The molecule has 0 unspecified atom stereocenters. The Morgan fingerprint density at radius 2 is 1.87 bits per heavy atom. The lowest BCUT2D eigenvalue weighted by Gasteiger charge is -2.32. The van der Waals surface area contributed by atoms with E-state index in [0.29, 0.717) is 18.6 Å². The van der Waals surface area contributed by atoms with Crippen molar-refractivity contribution in [1.82, 2.24) is 14.9 Å². The summed E-state index contributed by atoms with van der Waals surface area (Å²) < 4.78 is 44.6. The molecule has 4 nitrogen and oxygen atoms in total. The Balaban J connectivity index is 1.39. The van der Waals surface area contributed by atoms with Crippen LogP contribution in [0.25, 0.3) is 0 Å². The second-order valence-electron chi connectivity index (χ2n) is 7.42. The van der Waals surface area contributed by atoms with Gasteiger partial charge in [-0.05, 0) is 41.3 Å². The Bertz CT molecular complexity index is 961. The second-order valence-corrected chi connectivity index (χ2v) is 7.42. The number of morpholine rings is 1. The lowest BCUT2D eigenvalue weighted by atomic mass is 10.0. The van der Waals surface area contributed by atoms with Gasteiger partial charge in [-0.2, -0.15) is 13.2 Å². The van der Waals surface area contributed by atoms with E-state index in [9.17, 15) is 13.2 Å². The van der Waals surface area contributed by atoms with Gasteiger partial charge in [0.1, 0.15) is 6.10 Å². The fourth-order valence-electron chi connectivity index (χ4n) is 3.60. The van der Waals surface area contributed by atoms with E-state index in [1.54, 1.807) is 18.5 Å². The van der Waals surface area contributed by atoms with Crippen LogP contribution in [0.3, 0.4) is 0 Å². The molecule has 7 heteroatoms. The number of aromatic nitrogens is 2. The SMILES string of the molecule is FC(F)(F)c1cccc(Cc2ccc([C@@H]3CN(Cc4cccnc4)CCO3)nc2)c1. The third kappa shape index (κ3) is 5.23. The van der Waals surface area contributed by atoms with Crippen LogP contribution in [-0.2, 0) is 23.9 Å². The van der Waals surface area contributed by atoms with Crippen LogP contribution in [0.5, 0.6) is 0 Å². The lowest BCUT2D eigenvalue weighted by molar-refractivity contribution is -0.137. The van der Waals surface area contributed by atoms with E-state index in [1.165, 1.54) is 12.1 Å².